The quantitative estimate of drug-likeness (QED) is 0.266. The van der Waals surface area contributed by atoms with Gasteiger partial charge in [0.15, 0.2) is 5.78 Å². The van der Waals surface area contributed by atoms with Gasteiger partial charge in [0, 0.05) is 11.1 Å². The monoisotopic (exact) mass is 446 g/mol. The van der Waals surface area contributed by atoms with E-state index < -0.39 is 71.9 Å². The molecule has 0 saturated carbocycles. The number of carbonyl (C=O) groups excluding carboxylic acids is 3. The van der Waals surface area contributed by atoms with Gasteiger partial charge in [-0.1, -0.05) is 12.1 Å². The van der Waals surface area contributed by atoms with Crippen LogP contribution in [-0.4, -0.2) is 85.5 Å². The Morgan fingerprint density at radius 2 is 1.59 bits per heavy atom. The Balaban J connectivity index is 1.66. The minimum atomic E-state index is -1.85. The lowest BCUT2D eigenvalue weighted by molar-refractivity contribution is -0.285. The maximum Gasteiger partial charge on any atom is 0.340 e. The van der Waals surface area contributed by atoms with Crippen molar-refractivity contribution in [1.82, 2.24) is 0 Å². The Hall–Kier alpha value is -3.35. The number of fused-ring (bicyclic) bond motifs is 2. The first-order chi connectivity index (χ1) is 15.1. The molecule has 5 atom stereocenters. The molecule has 1 aliphatic heterocycles. The first-order valence-electron chi connectivity index (χ1n) is 9.45. The number of hydrogen-bond acceptors (Lipinski definition) is 11. The third-order valence-corrected chi connectivity index (χ3v) is 5.41. The van der Waals surface area contributed by atoms with E-state index in [1.807, 2.05) is 0 Å². The number of ketones is 2. The first-order valence-corrected chi connectivity index (χ1v) is 9.45. The maximum atomic E-state index is 12.9. The smallest absolute Gasteiger partial charge is 0.340 e. The number of aliphatic hydroxyl groups excluding tert-OH is 4. The van der Waals surface area contributed by atoms with Crippen molar-refractivity contribution in [3.63, 3.8) is 0 Å². The topological polar surface area (TPSA) is 191 Å². The predicted octanol–water partition coefficient (Wildman–Crippen LogP) is -1.17. The van der Waals surface area contributed by atoms with E-state index in [-0.39, 0.29) is 22.3 Å². The number of aliphatic hydroxyl groups is 4. The van der Waals surface area contributed by atoms with E-state index in [0.29, 0.717) is 0 Å². The first kappa shape index (κ1) is 21.9. The molecule has 6 N–H and O–H groups in total. The summed E-state index contributed by atoms with van der Waals surface area (Å²) in [6.07, 6.45) is -8.37. The summed E-state index contributed by atoms with van der Waals surface area (Å²) in [6.45, 7) is -0.735. The molecule has 2 aromatic rings. The Morgan fingerprint density at radius 1 is 0.906 bits per heavy atom. The van der Waals surface area contributed by atoms with Gasteiger partial charge in [0.05, 0.1) is 23.3 Å². The van der Waals surface area contributed by atoms with Crippen LogP contribution in [0.3, 0.4) is 0 Å². The van der Waals surface area contributed by atoms with Crippen LogP contribution >= 0.6 is 0 Å². The molecular formula is C21H18O11. The number of phenols is 2. The zero-order valence-electron chi connectivity index (χ0n) is 16.2. The van der Waals surface area contributed by atoms with Crippen molar-refractivity contribution in [3.8, 4) is 11.5 Å². The number of carbonyl (C=O) groups is 3. The van der Waals surface area contributed by atoms with E-state index in [0.717, 1.165) is 12.1 Å². The minimum Gasteiger partial charge on any atom is -0.507 e. The lowest BCUT2D eigenvalue weighted by Crippen LogP contribution is -2.59. The molecule has 4 rings (SSSR count). The Bertz CT molecular complexity index is 1120. The van der Waals surface area contributed by atoms with Crippen LogP contribution in [-0.2, 0) is 9.47 Å². The normalized spacial score (nSPS) is 26.9. The van der Waals surface area contributed by atoms with E-state index in [1.54, 1.807) is 0 Å². The number of aromatic hydroxyl groups is 2. The molecule has 11 heteroatoms. The fourth-order valence-corrected chi connectivity index (χ4v) is 3.74. The molecule has 0 amide bonds. The van der Waals surface area contributed by atoms with Gasteiger partial charge in [-0.3, -0.25) is 9.59 Å². The molecule has 1 fully saturated rings. The summed E-state index contributed by atoms with van der Waals surface area (Å²) >= 11 is 0. The molecule has 1 aliphatic carbocycles. The van der Waals surface area contributed by atoms with Crippen molar-refractivity contribution in [3.05, 3.63) is 58.1 Å². The SMILES string of the molecule is O=C(O[C@@H]1O[C@H](CO)[C@@H](O)[C@H](O)[C@H]1O)c1cc(O)c2c(c1)C(=O)c1cccc(O)c1C2=O. The van der Waals surface area contributed by atoms with Gasteiger partial charge in [-0.2, -0.15) is 0 Å². The number of ether oxygens (including phenoxy) is 2. The van der Waals surface area contributed by atoms with Crippen LogP contribution in [0.25, 0.3) is 0 Å². The second kappa shape index (κ2) is 7.97. The van der Waals surface area contributed by atoms with Crippen LogP contribution in [0.15, 0.2) is 30.3 Å². The number of phenolic OH excluding ortho intramolecular Hbond substituents is 2. The molecule has 1 saturated heterocycles. The average Bonchev–Trinajstić information content (AvgIpc) is 2.77. The van der Waals surface area contributed by atoms with Crippen LogP contribution < -0.4 is 0 Å². The summed E-state index contributed by atoms with van der Waals surface area (Å²) in [4.78, 5) is 38.2. The zero-order chi connectivity index (χ0) is 23.3. The second-order valence-electron chi connectivity index (χ2n) is 7.38. The summed E-state index contributed by atoms with van der Waals surface area (Å²) in [6, 6.07) is 5.77. The summed E-state index contributed by atoms with van der Waals surface area (Å²) in [7, 11) is 0. The number of benzene rings is 2. The Labute approximate surface area is 179 Å². The van der Waals surface area contributed by atoms with Crippen LogP contribution in [0.2, 0.25) is 0 Å². The van der Waals surface area contributed by atoms with E-state index in [4.69, 9.17) is 9.47 Å². The van der Waals surface area contributed by atoms with Crippen molar-refractivity contribution in [2.75, 3.05) is 6.61 Å². The largest absolute Gasteiger partial charge is 0.507 e. The van der Waals surface area contributed by atoms with Crippen molar-refractivity contribution in [2.45, 2.75) is 30.7 Å². The fraction of sp³-hybridized carbons (Fsp3) is 0.286. The highest BCUT2D eigenvalue weighted by atomic mass is 16.7. The van der Waals surface area contributed by atoms with Crippen LogP contribution in [0.4, 0.5) is 0 Å². The molecule has 32 heavy (non-hydrogen) atoms. The number of rotatable bonds is 3. The van der Waals surface area contributed by atoms with Crippen molar-refractivity contribution in [1.29, 1.82) is 0 Å². The minimum absolute atomic E-state index is 0.110. The molecule has 11 nitrogen and oxygen atoms in total. The molecule has 0 unspecified atom stereocenters. The summed E-state index contributed by atoms with van der Waals surface area (Å²) in [5.41, 5.74) is -1.44. The van der Waals surface area contributed by atoms with Gasteiger partial charge in [0.2, 0.25) is 12.1 Å². The maximum absolute atomic E-state index is 12.9. The number of esters is 1. The standard InChI is InChI=1S/C21H18O11/c22-6-12-16(26)18(28)19(29)21(31-12)32-20(30)7-4-9-14(11(24)5-7)17(27)13-8(15(9)25)2-1-3-10(13)23/h1-5,12,16,18-19,21-24,26,28-29H,6H2/t12-,16-,18+,19-,21+/m1/s1. The average molecular weight is 446 g/mol. The highest BCUT2D eigenvalue weighted by Gasteiger charge is 2.45. The van der Waals surface area contributed by atoms with Crippen molar-refractivity contribution >= 4 is 17.5 Å². The molecule has 0 bridgehead atoms. The Kier molecular flexibility index (Phi) is 5.44. The van der Waals surface area contributed by atoms with Crippen molar-refractivity contribution in [2.24, 2.45) is 0 Å². The lowest BCUT2D eigenvalue weighted by atomic mass is 9.82. The van der Waals surface area contributed by atoms with Gasteiger partial charge in [-0.25, -0.2) is 4.79 Å². The highest BCUT2D eigenvalue weighted by molar-refractivity contribution is 6.30. The molecule has 0 spiro atoms. The molecule has 168 valence electrons. The van der Waals surface area contributed by atoms with Crippen LogP contribution in [0.1, 0.15) is 42.2 Å². The van der Waals surface area contributed by atoms with Crippen molar-refractivity contribution < 1.29 is 54.5 Å². The summed E-state index contributed by atoms with van der Waals surface area (Å²) in [5, 5.41) is 59.2. The molecule has 2 aliphatic rings. The van der Waals surface area contributed by atoms with Crippen LogP contribution in [0, 0.1) is 0 Å². The molecule has 1 heterocycles. The van der Waals surface area contributed by atoms with Gasteiger partial charge in [0.25, 0.3) is 0 Å². The molecule has 0 aromatic heterocycles. The predicted molar refractivity (Wildman–Crippen MR) is 102 cm³/mol. The summed E-state index contributed by atoms with van der Waals surface area (Å²) in [5.74, 6) is -3.86. The third kappa shape index (κ3) is 3.32. The second-order valence-corrected chi connectivity index (χ2v) is 7.38. The molecule has 2 aromatic carbocycles. The Morgan fingerprint density at radius 3 is 2.28 bits per heavy atom. The van der Waals surface area contributed by atoms with Crippen LogP contribution in [0.5, 0.6) is 11.5 Å². The fourth-order valence-electron chi connectivity index (χ4n) is 3.74. The van der Waals surface area contributed by atoms with Gasteiger partial charge < -0.3 is 40.1 Å². The van der Waals surface area contributed by atoms with E-state index in [2.05, 4.69) is 0 Å². The third-order valence-electron chi connectivity index (χ3n) is 5.41. The summed E-state index contributed by atoms with van der Waals surface area (Å²) < 4.78 is 10.1. The van der Waals surface area contributed by atoms with Gasteiger partial charge in [-0.15, -0.1) is 0 Å². The molecular weight excluding hydrogens is 428 g/mol. The molecule has 0 radical (unpaired) electrons. The zero-order valence-corrected chi connectivity index (χ0v) is 16.2. The lowest BCUT2D eigenvalue weighted by Gasteiger charge is -2.39. The van der Waals surface area contributed by atoms with E-state index in [9.17, 15) is 45.0 Å². The number of hydrogen-bond donors (Lipinski definition) is 6. The van der Waals surface area contributed by atoms with Gasteiger partial charge in [-0.05, 0) is 18.2 Å². The van der Waals surface area contributed by atoms with Gasteiger partial charge in [0.1, 0.15) is 35.9 Å². The van der Waals surface area contributed by atoms with E-state index >= 15 is 0 Å². The van der Waals surface area contributed by atoms with Gasteiger partial charge >= 0.3 is 5.97 Å². The highest BCUT2D eigenvalue weighted by Crippen LogP contribution is 2.37. The van der Waals surface area contributed by atoms with E-state index in [1.165, 1.54) is 18.2 Å².